The molecular formula is C20H18ClF2N5O3. The number of pyridine rings is 1. The van der Waals surface area contributed by atoms with Crippen LogP contribution in [0.15, 0.2) is 28.9 Å². The summed E-state index contributed by atoms with van der Waals surface area (Å²) in [7, 11) is 0. The smallest absolute Gasteiger partial charge is 0.245 e. The highest BCUT2D eigenvalue weighted by Gasteiger charge is 2.42. The highest BCUT2D eigenvalue weighted by molar-refractivity contribution is 6.31. The molecule has 1 aliphatic heterocycles. The predicted octanol–water partition coefficient (Wildman–Crippen LogP) is 2.94. The number of amides is 1. The summed E-state index contributed by atoms with van der Waals surface area (Å²) in [6, 6.07) is 2.99. The second-order valence-corrected chi connectivity index (χ2v) is 7.82. The summed E-state index contributed by atoms with van der Waals surface area (Å²) in [6.07, 6.45) is 1.35. The van der Waals surface area contributed by atoms with Gasteiger partial charge in [-0.2, -0.15) is 4.98 Å². The van der Waals surface area contributed by atoms with E-state index in [4.69, 9.17) is 26.6 Å². The van der Waals surface area contributed by atoms with E-state index < -0.39 is 29.1 Å². The van der Waals surface area contributed by atoms with Crippen LogP contribution in [0.5, 0.6) is 0 Å². The first-order chi connectivity index (χ1) is 14.7. The maximum Gasteiger partial charge on any atom is 0.245 e. The molecule has 11 heteroatoms. The molecule has 0 radical (unpaired) electrons. The normalized spacial score (nSPS) is 15.9. The number of hydrogen-bond donors (Lipinski definition) is 2. The van der Waals surface area contributed by atoms with Crippen molar-refractivity contribution in [2.75, 3.05) is 13.2 Å². The van der Waals surface area contributed by atoms with Crippen molar-refractivity contribution < 1.29 is 22.8 Å². The maximum absolute atomic E-state index is 14.9. The zero-order valence-electron chi connectivity index (χ0n) is 16.6. The lowest BCUT2D eigenvalue weighted by molar-refractivity contribution is -0.144. The zero-order chi connectivity index (χ0) is 22.3. The third-order valence-corrected chi connectivity index (χ3v) is 5.13. The van der Waals surface area contributed by atoms with Gasteiger partial charge in [0, 0.05) is 23.7 Å². The number of nitrogens with two attached hydrogens (primary N) is 1. The third-order valence-electron chi connectivity index (χ3n) is 4.92. The Labute approximate surface area is 180 Å². The van der Waals surface area contributed by atoms with Crippen LogP contribution in [-0.4, -0.2) is 39.8 Å². The molecule has 31 heavy (non-hydrogen) atoms. The Morgan fingerprint density at radius 3 is 2.61 bits per heavy atom. The van der Waals surface area contributed by atoms with E-state index in [0.717, 1.165) is 6.07 Å². The van der Waals surface area contributed by atoms with Gasteiger partial charge < -0.3 is 20.3 Å². The van der Waals surface area contributed by atoms with Gasteiger partial charge in [-0.25, -0.2) is 8.78 Å². The van der Waals surface area contributed by atoms with Crippen molar-refractivity contribution in [3.63, 3.8) is 0 Å². The van der Waals surface area contributed by atoms with Crippen LogP contribution >= 0.6 is 11.6 Å². The van der Waals surface area contributed by atoms with Crippen molar-refractivity contribution in [1.82, 2.24) is 20.4 Å². The SMILES string of the molecule is Cc1nc(-c2c(F)cc(Cl)cc2-c2cnc(C(C)NC(=O)C3(N)COC3)c(F)c2)no1. The number of carbonyl (C=O) groups excluding carboxylic acids is 1. The summed E-state index contributed by atoms with van der Waals surface area (Å²) in [5.74, 6) is -1.60. The minimum Gasteiger partial charge on any atom is -0.376 e. The Morgan fingerprint density at radius 1 is 1.29 bits per heavy atom. The number of aromatic nitrogens is 3. The van der Waals surface area contributed by atoms with Gasteiger partial charge >= 0.3 is 0 Å². The fourth-order valence-corrected chi connectivity index (χ4v) is 3.41. The van der Waals surface area contributed by atoms with Gasteiger partial charge in [0.2, 0.25) is 17.6 Å². The predicted molar refractivity (Wildman–Crippen MR) is 107 cm³/mol. The lowest BCUT2D eigenvalue weighted by Gasteiger charge is -2.36. The van der Waals surface area contributed by atoms with Gasteiger partial charge in [-0.05, 0) is 30.7 Å². The van der Waals surface area contributed by atoms with E-state index in [-0.39, 0.29) is 52.3 Å². The highest BCUT2D eigenvalue weighted by Crippen LogP contribution is 2.36. The van der Waals surface area contributed by atoms with Gasteiger partial charge in [-0.1, -0.05) is 16.8 Å². The highest BCUT2D eigenvalue weighted by atomic mass is 35.5. The average molecular weight is 450 g/mol. The maximum atomic E-state index is 14.9. The summed E-state index contributed by atoms with van der Waals surface area (Å²) < 4.78 is 39.5. The molecule has 0 spiro atoms. The number of aryl methyl sites for hydroxylation is 1. The van der Waals surface area contributed by atoms with E-state index in [2.05, 4.69) is 20.4 Å². The van der Waals surface area contributed by atoms with Crippen LogP contribution in [0, 0.1) is 18.6 Å². The lowest BCUT2D eigenvalue weighted by atomic mass is 9.97. The van der Waals surface area contributed by atoms with E-state index in [0.29, 0.717) is 0 Å². The van der Waals surface area contributed by atoms with E-state index in [1.165, 1.54) is 18.3 Å². The largest absolute Gasteiger partial charge is 0.376 e. The fourth-order valence-electron chi connectivity index (χ4n) is 3.21. The van der Waals surface area contributed by atoms with Crippen molar-refractivity contribution in [2.24, 2.45) is 5.73 Å². The van der Waals surface area contributed by atoms with Crippen LogP contribution in [0.25, 0.3) is 22.5 Å². The molecule has 2 aromatic heterocycles. The molecule has 8 nitrogen and oxygen atoms in total. The molecule has 1 amide bonds. The molecular weight excluding hydrogens is 432 g/mol. The molecule has 162 valence electrons. The number of carbonyl (C=O) groups is 1. The standard InChI is InChI=1S/C20H18ClF2N5O3/c1-9(26-19(29)20(24)7-30-8-20)17-15(23)3-11(6-25-17)13-4-12(21)5-14(22)16(13)18-27-10(2)31-28-18/h3-6,9H,7-8,24H2,1-2H3,(H,26,29). The average Bonchev–Trinajstić information content (AvgIpc) is 3.10. The molecule has 1 aromatic carbocycles. The summed E-state index contributed by atoms with van der Waals surface area (Å²) in [4.78, 5) is 20.5. The Balaban J connectivity index is 1.68. The van der Waals surface area contributed by atoms with Crippen molar-refractivity contribution in [1.29, 1.82) is 0 Å². The zero-order valence-corrected chi connectivity index (χ0v) is 17.3. The minimum absolute atomic E-state index is 0.000368. The number of hydrogen-bond acceptors (Lipinski definition) is 7. The van der Waals surface area contributed by atoms with E-state index in [9.17, 15) is 13.6 Å². The van der Waals surface area contributed by atoms with Gasteiger partial charge in [0.1, 0.15) is 17.2 Å². The molecule has 0 bridgehead atoms. The Hall–Kier alpha value is -2.95. The first-order valence-corrected chi connectivity index (χ1v) is 9.69. The molecule has 0 aliphatic carbocycles. The van der Waals surface area contributed by atoms with Gasteiger partial charge in [0.15, 0.2) is 0 Å². The number of rotatable bonds is 5. The molecule has 1 unspecified atom stereocenters. The molecule has 1 aliphatic rings. The number of halogens is 3. The first-order valence-electron chi connectivity index (χ1n) is 9.31. The van der Waals surface area contributed by atoms with Crippen molar-refractivity contribution >= 4 is 17.5 Å². The first kappa shape index (κ1) is 21.3. The summed E-state index contributed by atoms with van der Waals surface area (Å²) in [6.45, 7) is 3.34. The van der Waals surface area contributed by atoms with Crippen molar-refractivity contribution in [3.05, 3.63) is 52.6 Å². The van der Waals surface area contributed by atoms with E-state index in [1.54, 1.807) is 13.8 Å². The second-order valence-electron chi connectivity index (χ2n) is 7.38. The molecule has 3 N–H and O–H groups in total. The molecule has 3 aromatic rings. The van der Waals surface area contributed by atoms with Gasteiger partial charge in [0.25, 0.3) is 0 Å². The molecule has 1 fully saturated rings. The quantitative estimate of drug-likeness (QED) is 0.615. The lowest BCUT2D eigenvalue weighted by Crippen LogP contribution is -2.66. The van der Waals surface area contributed by atoms with Crippen LogP contribution in [-0.2, 0) is 9.53 Å². The van der Waals surface area contributed by atoms with Crippen LogP contribution in [0.4, 0.5) is 8.78 Å². The summed E-state index contributed by atoms with van der Waals surface area (Å²) >= 11 is 6.02. The van der Waals surface area contributed by atoms with Crippen molar-refractivity contribution in [3.8, 4) is 22.5 Å². The summed E-state index contributed by atoms with van der Waals surface area (Å²) in [5.41, 5.74) is 5.27. The topological polar surface area (TPSA) is 116 Å². The van der Waals surface area contributed by atoms with Crippen molar-refractivity contribution in [2.45, 2.75) is 25.4 Å². The number of nitrogens with zero attached hydrogens (tertiary/aromatic N) is 3. The third kappa shape index (κ3) is 4.01. The van der Waals surface area contributed by atoms with Crippen LogP contribution in [0.2, 0.25) is 5.02 Å². The number of ether oxygens (including phenoxy) is 1. The molecule has 1 saturated heterocycles. The minimum atomic E-state index is -1.12. The van der Waals surface area contributed by atoms with E-state index >= 15 is 0 Å². The van der Waals surface area contributed by atoms with Crippen LogP contribution in [0.1, 0.15) is 24.6 Å². The number of nitrogens with one attached hydrogen (secondary N) is 1. The molecule has 1 atom stereocenters. The number of benzene rings is 1. The van der Waals surface area contributed by atoms with Crippen LogP contribution in [0.3, 0.4) is 0 Å². The van der Waals surface area contributed by atoms with E-state index in [1.807, 2.05) is 0 Å². The van der Waals surface area contributed by atoms with Crippen LogP contribution < -0.4 is 11.1 Å². The second kappa shape index (κ2) is 7.95. The molecule has 0 saturated carbocycles. The Bertz CT molecular complexity index is 1170. The monoisotopic (exact) mass is 449 g/mol. The van der Waals surface area contributed by atoms with Gasteiger partial charge in [-0.15, -0.1) is 0 Å². The fraction of sp³-hybridized carbons (Fsp3) is 0.300. The molecule has 3 heterocycles. The molecule has 4 rings (SSSR count). The van der Waals surface area contributed by atoms with Gasteiger partial charge in [0.05, 0.1) is 30.5 Å². The van der Waals surface area contributed by atoms with Gasteiger partial charge in [-0.3, -0.25) is 9.78 Å². The summed E-state index contributed by atoms with van der Waals surface area (Å²) in [5, 5.41) is 6.49. The Morgan fingerprint density at radius 2 is 2.03 bits per heavy atom. The Kier molecular flexibility index (Phi) is 5.46.